The minimum atomic E-state index is -4.56. The van der Waals surface area contributed by atoms with Gasteiger partial charge in [-0.25, -0.2) is 0 Å². The first-order valence-corrected chi connectivity index (χ1v) is 9.52. The van der Waals surface area contributed by atoms with Crippen LogP contribution in [0.3, 0.4) is 0 Å². The van der Waals surface area contributed by atoms with Crippen LogP contribution in [0.5, 0.6) is 11.5 Å². The molecule has 0 bridgehead atoms. The van der Waals surface area contributed by atoms with Crippen LogP contribution >= 0.6 is 0 Å². The third-order valence-electron chi connectivity index (χ3n) is 5.01. The summed E-state index contributed by atoms with van der Waals surface area (Å²) in [4.78, 5) is 11.7. The molecule has 3 rings (SSSR count). The average molecular weight is 402 g/mol. The van der Waals surface area contributed by atoms with Crippen LogP contribution in [0.15, 0.2) is 42.5 Å². The third kappa shape index (κ3) is 5.50. The summed E-state index contributed by atoms with van der Waals surface area (Å²) in [5, 5.41) is 10.9. The molecular weight excluding hydrogens is 381 g/mol. The second-order valence-electron chi connectivity index (χ2n) is 7.10. The lowest BCUT2D eigenvalue weighted by Gasteiger charge is -2.22. The molecule has 0 heterocycles. The number of alkyl halides is 3. The summed E-state index contributed by atoms with van der Waals surface area (Å²) in [6.45, 7) is 0. The van der Waals surface area contributed by atoms with Crippen LogP contribution in [0, 0.1) is 11.3 Å². The minimum Gasteiger partial charge on any atom is -0.455 e. The maximum atomic E-state index is 13.0. The quantitative estimate of drug-likeness (QED) is 0.630. The minimum absolute atomic E-state index is 0.0784. The Labute approximate surface area is 167 Å². The largest absolute Gasteiger partial charge is 0.455 e. The number of nitriles is 1. The molecule has 0 saturated heterocycles. The molecule has 2 aromatic carbocycles. The summed E-state index contributed by atoms with van der Waals surface area (Å²) in [5.74, 6) is 0.365. The van der Waals surface area contributed by atoms with Crippen molar-refractivity contribution in [1.82, 2.24) is 0 Å². The maximum Gasteiger partial charge on any atom is 0.416 e. The monoisotopic (exact) mass is 402 g/mol. The highest BCUT2D eigenvalue weighted by molar-refractivity contribution is 5.93. The number of nitrogens with one attached hydrogen (secondary N) is 1. The molecule has 1 aliphatic carbocycles. The van der Waals surface area contributed by atoms with E-state index in [0.29, 0.717) is 11.7 Å². The van der Waals surface area contributed by atoms with Gasteiger partial charge in [0.05, 0.1) is 17.3 Å². The lowest BCUT2D eigenvalue weighted by molar-refractivity contribution is -0.137. The van der Waals surface area contributed by atoms with Gasteiger partial charge in [0.1, 0.15) is 12.2 Å². The van der Waals surface area contributed by atoms with Crippen molar-refractivity contribution in [1.29, 1.82) is 5.26 Å². The van der Waals surface area contributed by atoms with Crippen molar-refractivity contribution in [2.24, 2.45) is 0 Å². The summed E-state index contributed by atoms with van der Waals surface area (Å²) in [7, 11) is 0. The molecule has 7 heteroatoms. The highest BCUT2D eigenvalue weighted by Crippen LogP contribution is 2.38. The molecule has 0 spiro atoms. The van der Waals surface area contributed by atoms with Crippen LogP contribution in [-0.2, 0) is 11.0 Å². The maximum absolute atomic E-state index is 13.0. The van der Waals surface area contributed by atoms with Gasteiger partial charge in [-0.15, -0.1) is 0 Å². The van der Waals surface area contributed by atoms with E-state index >= 15 is 0 Å². The Hall–Kier alpha value is -3.01. The number of carbonyl (C=O) groups is 1. The zero-order chi connectivity index (χ0) is 20.9. The fraction of sp³-hybridized carbons (Fsp3) is 0.364. The Balaban J connectivity index is 1.81. The molecule has 1 saturated carbocycles. The van der Waals surface area contributed by atoms with Crippen molar-refractivity contribution in [2.75, 3.05) is 5.32 Å². The van der Waals surface area contributed by atoms with Crippen molar-refractivity contribution in [3.05, 3.63) is 53.6 Å². The van der Waals surface area contributed by atoms with E-state index in [0.717, 1.165) is 25.0 Å². The Kier molecular flexibility index (Phi) is 6.42. The predicted octanol–water partition coefficient (Wildman–Crippen LogP) is 6.40. The van der Waals surface area contributed by atoms with E-state index in [-0.39, 0.29) is 11.4 Å². The summed E-state index contributed by atoms with van der Waals surface area (Å²) in [5.41, 5.74) is 0.188. The lowest BCUT2D eigenvalue weighted by Crippen LogP contribution is -2.13. The first-order valence-electron chi connectivity index (χ1n) is 9.52. The zero-order valence-electron chi connectivity index (χ0n) is 15.8. The summed E-state index contributed by atoms with van der Waals surface area (Å²) >= 11 is 0. The summed E-state index contributed by atoms with van der Waals surface area (Å²) < 4.78 is 44.8. The molecule has 4 nitrogen and oxygen atoms in total. The van der Waals surface area contributed by atoms with Gasteiger partial charge in [-0.1, -0.05) is 31.4 Å². The molecular formula is C22H21F3N2O2. The first-order chi connectivity index (χ1) is 13.9. The highest BCUT2D eigenvalue weighted by atomic mass is 19.4. The SMILES string of the molecule is N#CCC(=O)Nc1cc(C(F)(F)F)ccc1Oc1ccc(C2CCCCC2)cc1. The molecule has 0 aliphatic heterocycles. The number of hydrogen-bond acceptors (Lipinski definition) is 3. The van der Waals surface area contributed by atoms with E-state index in [4.69, 9.17) is 10.00 Å². The van der Waals surface area contributed by atoms with Crippen LogP contribution < -0.4 is 10.1 Å². The molecule has 2 aromatic rings. The number of benzene rings is 2. The molecule has 152 valence electrons. The lowest BCUT2D eigenvalue weighted by atomic mass is 9.84. The standard InChI is InChI=1S/C22H21F3N2O2/c23-22(24,25)17-8-11-20(19(14-17)27-21(28)12-13-26)29-18-9-6-16(7-10-18)15-4-2-1-3-5-15/h6-11,14-15H,1-5,12H2,(H,27,28). The van der Waals surface area contributed by atoms with Crippen LogP contribution in [0.2, 0.25) is 0 Å². The molecule has 0 radical (unpaired) electrons. The van der Waals surface area contributed by atoms with Gasteiger partial charge in [-0.3, -0.25) is 4.79 Å². The van der Waals surface area contributed by atoms with E-state index in [1.165, 1.54) is 30.9 Å². The highest BCUT2D eigenvalue weighted by Gasteiger charge is 2.31. The number of anilines is 1. The summed E-state index contributed by atoms with van der Waals surface area (Å²) in [6.07, 6.45) is 1.01. The van der Waals surface area contributed by atoms with E-state index in [2.05, 4.69) is 5.32 Å². The number of amides is 1. The van der Waals surface area contributed by atoms with E-state index in [9.17, 15) is 18.0 Å². The zero-order valence-corrected chi connectivity index (χ0v) is 15.8. The topological polar surface area (TPSA) is 62.1 Å². The number of ether oxygens (including phenoxy) is 1. The Bertz CT molecular complexity index is 896. The van der Waals surface area contributed by atoms with Gasteiger partial charge in [0.25, 0.3) is 0 Å². The summed E-state index contributed by atoms with van der Waals surface area (Å²) in [6, 6.07) is 12.0. The Morgan fingerprint density at radius 2 is 1.79 bits per heavy atom. The fourth-order valence-electron chi connectivity index (χ4n) is 3.53. The molecule has 1 aliphatic rings. The van der Waals surface area contributed by atoms with E-state index < -0.39 is 24.1 Å². The van der Waals surface area contributed by atoms with Crippen molar-refractivity contribution in [3.8, 4) is 17.6 Å². The normalized spacial score (nSPS) is 14.8. The number of rotatable bonds is 5. The van der Waals surface area contributed by atoms with Crippen molar-refractivity contribution < 1.29 is 22.7 Å². The van der Waals surface area contributed by atoms with Crippen molar-refractivity contribution in [2.45, 2.75) is 50.6 Å². The van der Waals surface area contributed by atoms with Gasteiger partial charge in [0.2, 0.25) is 5.91 Å². The molecule has 29 heavy (non-hydrogen) atoms. The van der Waals surface area contributed by atoms with Gasteiger partial charge in [0, 0.05) is 0 Å². The number of hydrogen-bond donors (Lipinski definition) is 1. The molecule has 1 fully saturated rings. The molecule has 0 unspecified atom stereocenters. The molecule has 0 aromatic heterocycles. The first kappa shape index (κ1) is 20.7. The van der Waals surface area contributed by atoms with Crippen LogP contribution in [0.25, 0.3) is 0 Å². The second-order valence-corrected chi connectivity index (χ2v) is 7.10. The molecule has 1 amide bonds. The van der Waals surface area contributed by atoms with Crippen LogP contribution in [0.1, 0.15) is 55.6 Å². The predicted molar refractivity (Wildman–Crippen MR) is 103 cm³/mol. The van der Waals surface area contributed by atoms with Gasteiger partial charge >= 0.3 is 6.18 Å². The number of nitrogens with zero attached hydrogens (tertiary/aromatic N) is 1. The van der Waals surface area contributed by atoms with Gasteiger partial charge in [-0.05, 0) is 54.7 Å². The molecule has 0 atom stereocenters. The van der Waals surface area contributed by atoms with Gasteiger partial charge in [0.15, 0.2) is 5.75 Å². The fourth-order valence-corrected chi connectivity index (χ4v) is 3.53. The number of carbonyl (C=O) groups excluding carboxylic acids is 1. The van der Waals surface area contributed by atoms with E-state index in [1.54, 1.807) is 18.2 Å². The van der Waals surface area contributed by atoms with E-state index in [1.807, 2.05) is 12.1 Å². The van der Waals surface area contributed by atoms with Gasteiger partial charge < -0.3 is 10.1 Å². The molecule has 1 N–H and O–H groups in total. The third-order valence-corrected chi connectivity index (χ3v) is 5.01. The number of halogens is 3. The van der Waals surface area contributed by atoms with Crippen LogP contribution in [-0.4, -0.2) is 5.91 Å². The smallest absolute Gasteiger partial charge is 0.416 e. The van der Waals surface area contributed by atoms with Crippen molar-refractivity contribution in [3.63, 3.8) is 0 Å². The van der Waals surface area contributed by atoms with Crippen molar-refractivity contribution >= 4 is 11.6 Å². The van der Waals surface area contributed by atoms with Crippen LogP contribution in [0.4, 0.5) is 18.9 Å². The Morgan fingerprint density at radius 3 is 2.41 bits per heavy atom. The second kappa shape index (κ2) is 8.99. The average Bonchev–Trinajstić information content (AvgIpc) is 2.70. The van der Waals surface area contributed by atoms with Gasteiger partial charge in [-0.2, -0.15) is 18.4 Å². The Morgan fingerprint density at radius 1 is 1.10 bits per heavy atom.